The van der Waals surface area contributed by atoms with Crippen LogP contribution in [0.1, 0.15) is 12.5 Å². The van der Waals surface area contributed by atoms with E-state index < -0.39 is 0 Å². The van der Waals surface area contributed by atoms with Gasteiger partial charge in [0.15, 0.2) is 0 Å². The molecule has 0 unspecified atom stereocenters. The van der Waals surface area contributed by atoms with E-state index in [1.807, 2.05) is 25.1 Å². The second kappa shape index (κ2) is 3.86. The minimum absolute atomic E-state index is 0.209. The van der Waals surface area contributed by atoms with Gasteiger partial charge in [0, 0.05) is 0 Å². The maximum absolute atomic E-state index is 12.6. The Hall–Kier alpha value is -1.37. The quantitative estimate of drug-likeness (QED) is 0.584. The fourth-order valence-corrected chi connectivity index (χ4v) is 0.849. The molecule has 0 aliphatic heterocycles. The topological polar surface area (TPSA) is 0 Å². The molecule has 0 heterocycles. The predicted octanol–water partition coefficient (Wildman–Crippen LogP) is 3.42. The monoisotopic (exact) mass is 162 g/mol. The smallest absolute Gasteiger partial charge is 0.123 e. The van der Waals surface area contributed by atoms with Crippen LogP contribution in [0, 0.1) is 5.82 Å². The zero-order chi connectivity index (χ0) is 8.97. The van der Waals surface area contributed by atoms with Crippen molar-refractivity contribution in [1.29, 1.82) is 0 Å². The van der Waals surface area contributed by atoms with Crippen molar-refractivity contribution >= 4 is 6.08 Å². The van der Waals surface area contributed by atoms with Gasteiger partial charge in [0.2, 0.25) is 0 Å². The van der Waals surface area contributed by atoms with Gasteiger partial charge in [-0.15, -0.1) is 0 Å². The lowest BCUT2D eigenvalue weighted by atomic mass is 10.2. The molecule has 0 amide bonds. The van der Waals surface area contributed by atoms with Crippen molar-refractivity contribution in [3.05, 3.63) is 53.9 Å². The first-order valence-electron chi connectivity index (χ1n) is 3.77. The highest BCUT2D eigenvalue weighted by Gasteiger charge is 1.88. The van der Waals surface area contributed by atoms with Crippen LogP contribution in [0.15, 0.2) is 42.5 Å². The van der Waals surface area contributed by atoms with Gasteiger partial charge >= 0.3 is 0 Å². The lowest BCUT2D eigenvalue weighted by Crippen LogP contribution is -1.75. The highest BCUT2D eigenvalue weighted by Crippen LogP contribution is 2.06. The van der Waals surface area contributed by atoms with E-state index in [1.54, 1.807) is 6.07 Å². The van der Waals surface area contributed by atoms with Crippen molar-refractivity contribution in [2.24, 2.45) is 0 Å². The minimum atomic E-state index is -0.209. The molecular weight excluding hydrogens is 151 g/mol. The molecule has 0 N–H and O–H groups in total. The van der Waals surface area contributed by atoms with E-state index in [9.17, 15) is 4.39 Å². The molecule has 0 nitrogen and oxygen atoms in total. The summed E-state index contributed by atoms with van der Waals surface area (Å²) in [5.74, 6) is -0.209. The number of rotatable bonds is 2. The van der Waals surface area contributed by atoms with E-state index in [2.05, 4.69) is 6.58 Å². The summed E-state index contributed by atoms with van der Waals surface area (Å²) in [6, 6.07) is 6.45. The Morgan fingerprint density at radius 3 is 2.83 bits per heavy atom. The summed E-state index contributed by atoms with van der Waals surface area (Å²) >= 11 is 0. The first-order chi connectivity index (χ1) is 5.68. The van der Waals surface area contributed by atoms with E-state index in [0.717, 1.165) is 11.1 Å². The Morgan fingerprint density at radius 2 is 2.25 bits per heavy atom. The maximum atomic E-state index is 12.6. The standard InChI is InChI=1S/C11H11F/c1-9(2)6-7-10-4-3-5-11(12)8-10/h3-8H,1H2,2H3/b7-6+. The third kappa shape index (κ3) is 2.70. The SMILES string of the molecule is C=C(C)/C=C/c1cccc(F)c1. The summed E-state index contributed by atoms with van der Waals surface area (Å²) in [5, 5.41) is 0. The van der Waals surface area contributed by atoms with Gasteiger partial charge in [0.1, 0.15) is 5.82 Å². The zero-order valence-corrected chi connectivity index (χ0v) is 7.05. The minimum Gasteiger partial charge on any atom is -0.207 e. The average molecular weight is 162 g/mol. The molecule has 0 aliphatic rings. The zero-order valence-electron chi connectivity index (χ0n) is 7.05. The molecule has 0 fully saturated rings. The molecule has 1 aromatic carbocycles. The van der Waals surface area contributed by atoms with E-state index in [1.165, 1.54) is 12.1 Å². The fourth-order valence-electron chi connectivity index (χ4n) is 0.849. The van der Waals surface area contributed by atoms with Crippen LogP contribution in [0.5, 0.6) is 0 Å². The van der Waals surface area contributed by atoms with Gasteiger partial charge in [-0.2, -0.15) is 0 Å². The van der Waals surface area contributed by atoms with Crippen molar-refractivity contribution in [2.75, 3.05) is 0 Å². The Balaban J connectivity index is 2.83. The summed E-state index contributed by atoms with van der Waals surface area (Å²) in [5.41, 5.74) is 1.82. The lowest BCUT2D eigenvalue weighted by molar-refractivity contribution is 0.627. The highest BCUT2D eigenvalue weighted by atomic mass is 19.1. The molecule has 62 valence electrons. The van der Waals surface area contributed by atoms with Gasteiger partial charge in [0.05, 0.1) is 0 Å². The molecule has 0 radical (unpaired) electrons. The summed E-state index contributed by atoms with van der Waals surface area (Å²) < 4.78 is 12.6. The molecule has 1 rings (SSSR count). The van der Waals surface area contributed by atoms with Gasteiger partial charge in [0.25, 0.3) is 0 Å². The number of allylic oxidation sites excluding steroid dienone is 2. The van der Waals surface area contributed by atoms with E-state index >= 15 is 0 Å². The predicted molar refractivity (Wildman–Crippen MR) is 50.2 cm³/mol. The third-order valence-corrected chi connectivity index (χ3v) is 1.41. The molecule has 0 atom stereocenters. The fraction of sp³-hybridized carbons (Fsp3) is 0.0909. The Kier molecular flexibility index (Phi) is 2.81. The van der Waals surface area contributed by atoms with Crippen LogP contribution in [-0.4, -0.2) is 0 Å². The van der Waals surface area contributed by atoms with Crippen molar-refractivity contribution < 1.29 is 4.39 Å². The van der Waals surface area contributed by atoms with Crippen LogP contribution in [-0.2, 0) is 0 Å². The first kappa shape index (κ1) is 8.72. The van der Waals surface area contributed by atoms with Crippen molar-refractivity contribution in [3.63, 3.8) is 0 Å². The van der Waals surface area contributed by atoms with Gasteiger partial charge in [-0.25, -0.2) is 4.39 Å². The number of benzene rings is 1. The summed E-state index contributed by atoms with van der Waals surface area (Å²) in [6.07, 6.45) is 3.69. The van der Waals surface area contributed by atoms with E-state index in [-0.39, 0.29) is 5.82 Å². The van der Waals surface area contributed by atoms with Crippen molar-refractivity contribution in [2.45, 2.75) is 6.92 Å². The normalized spacial score (nSPS) is 10.5. The lowest BCUT2D eigenvalue weighted by Gasteiger charge is -1.92. The van der Waals surface area contributed by atoms with Crippen molar-refractivity contribution in [1.82, 2.24) is 0 Å². The van der Waals surface area contributed by atoms with Crippen molar-refractivity contribution in [3.8, 4) is 0 Å². The second-order valence-corrected chi connectivity index (χ2v) is 2.73. The number of hydrogen-bond acceptors (Lipinski definition) is 0. The van der Waals surface area contributed by atoms with Gasteiger partial charge in [-0.05, 0) is 24.6 Å². The largest absolute Gasteiger partial charge is 0.207 e. The van der Waals surface area contributed by atoms with Crippen LogP contribution in [0.3, 0.4) is 0 Å². The highest BCUT2D eigenvalue weighted by molar-refractivity contribution is 5.52. The molecule has 1 aromatic rings. The molecular formula is C11H11F. The third-order valence-electron chi connectivity index (χ3n) is 1.41. The van der Waals surface area contributed by atoms with Gasteiger partial charge in [-0.1, -0.05) is 36.4 Å². The summed E-state index contributed by atoms with van der Waals surface area (Å²) in [4.78, 5) is 0. The molecule has 1 heteroatoms. The van der Waals surface area contributed by atoms with Crippen LogP contribution in [0.4, 0.5) is 4.39 Å². The first-order valence-corrected chi connectivity index (χ1v) is 3.77. The molecule has 0 aliphatic carbocycles. The van der Waals surface area contributed by atoms with E-state index in [0.29, 0.717) is 0 Å². The number of hydrogen-bond donors (Lipinski definition) is 0. The Bertz CT molecular complexity index is 311. The van der Waals surface area contributed by atoms with Crippen LogP contribution in [0.25, 0.3) is 6.08 Å². The molecule has 0 aromatic heterocycles. The molecule has 0 spiro atoms. The van der Waals surface area contributed by atoms with Crippen LogP contribution < -0.4 is 0 Å². The van der Waals surface area contributed by atoms with Gasteiger partial charge in [-0.3, -0.25) is 0 Å². The average Bonchev–Trinajstić information content (AvgIpc) is 2.01. The molecule has 0 bridgehead atoms. The molecule has 0 saturated heterocycles. The van der Waals surface area contributed by atoms with Gasteiger partial charge < -0.3 is 0 Å². The number of halogens is 1. The van der Waals surface area contributed by atoms with E-state index in [4.69, 9.17) is 0 Å². The Morgan fingerprint density at radius 1 is 1.50 bits per heavy atom. The summed E-state index contributed by atoms with van der Waals surface area (Å²) in [6.45, 7) is 5.61. The molecule has 12 heavy (non-hydrogen) atoms. The second-order valence-electron chi connectivity index (χ2n) is 2.73. The van der Waals surface area contributed by atoms with Crippen LogP contribution >= 0.6 is 0 Å². The van der Waals surface area contributed by atoms with Crippen LogP contribution in [0.2, 0.25) is 0 Å². The maximum Gasteiger partial charge on any atom is 0.123 e. The Labute approximate surface area is 72.0 Å². The molecule has 0 saturated carbocycles. The summed E-state index contributed by atoms with van der Waals surface area (Å²) in [7, 11) is 0.